The molecule has 1 saturated heterocycles. The Balaban J connectivity index is 1.93. The van der Waals surface area contributed by atoms with Gasteiger partial charge >= 0.3 is 0 Å². The van der Waals surface area contributed by atoms with Gasteiger partial charge in [0.1, 0.15) is 0 Å². The van der Waals surface area contributed by atoms with E-state index in [2.05, 4.69) is 28.1 Å². The molecule has 1 unspecified atom stereocenters. The molecular formula is C15H15N3. The highest BCUT2D eigenvalue weighted by Crippen LogP contribution is 2.23. The molecular weight excluding hydrogens is 222 g/mol. The SMILES string of the molecule is N#CC1CCCN1Cc1ccnc2ccccc12. The fourth-order valence-corrected chi connectivity index (χ4v) is 2.67. The minimum Gasteiger partial charge on any atom is -0.284 e. The third-order valence-corrected chi connectivity index (χ3v) is 3.63. The molecule has 2 heterocycles. The number of benzene rings is 1. The van der Waals surface area contributed by atoms with Crippen molar-refractivity contribution in [2.45, 2.75) is 25.4 Å². The van der Waals surface area contributed by atoms with Gasteiger partial charge in [-0.1, -0.05) is 18.2 Å². The third kappa shape index (κ3) is 1.96. The van der Waals surface area contributed by atoms with E-state index in [1.807, 2.05) is 24.4 Å². The number of nitrogens with zero attached hydrogens (tertiary/aromatic N) is 3. The Morgan fingerprint density at radius 3 is 3.11 bits per heavy atom. The Labute approximate surface area is 107 Å². The number of para-hydroxylation sites is 1. The van der Waals surface area contributed by atoms with E-state index in [1.165, 1.54) is 10.9 Å². The normalized spacial score (nSPS) is 20.1. The molecule has 3 rings (SSSR count). The molecule has 0 bridgehead atoms. The second kappa shape index (κ2) is 4.75. The van der Waals surface area contributed by atoms with Gasteiger partial charge in [-0.25, -0.2) is 0 Å². The van der Waals surface area contributed by atoms with Gasteiger partial charge in [0.05, 0.1) is 17.6 Å². The lowest BCUT2D eigenvalue weighted by Gasteiger charge is -2.19. The summed E-state index contributed by atoms with van der Waals surface area (Å²) in [5, 5.41) is 10.3. The molecule has 2 aromatic rings. The molecule has 18 heavy (non-hydrogen) atoms. The number of hydrogen-bond donors (Lipinski definition) is 0. The van der Waals surface area contributed by atoms with Crippen LogP contribution >= 0.6 is 0 Å². The van der Waals surface area contributed by atoms with Crippen LogP contribution in [0.25, 0.3) is 10.9 Å². The van der Waals surface area contributed by atoms with Gasteiger partial charge in [0, 0.05) is 18.1 Å². The van der Waals surface area contributed by atoms with Crippen molar-refractivity contribution in [1.29, 1.82) is 5.26 Å². The van der Waals surface area contributed by atoms with Crippen molar-refractivity contribution < 1.29 is 0 Å². The summed E-state index contributed by atoms with van der Waals surface area (Å²) in [5.41, 5.74) is 2.30. The number of likely N-dealkylation sites (tertiary alicyclic amines) is 1. The van der Waals surface area contributed by atoms with E-state index in [4.69, 9.17) is 5.26 Å². The number of aromatic nitrogens is 1. The number of rotatable bonds is 2. The summed E-state index contributed by atoms with van der Waals surface area (Å²) in [6.07, 6.45) is 3.98. The molecule has 0 spiro atoms. The molecule has 1 aromatic heterocycles. The Kier molecular flexibility index (Phi) is 2.95. The lowest BCUT2D eigenvalue weighted by molar-refractivity contribution is 0.287. The predicted molar refractivity (Wildman–Crippen MR) is 70.8 cm³/mol. The first kappa shape index (κ1) is 11.2. The van der Waals surface area contributed by atoms with Crippen LogP contribution in [0.1, 0.15) is 18.4 Å². The molecule has 1 atom stereocenters. The summed E-state index contributed by atoms with van der Waals surface area (Å²) in [7, 11) is 0. The van der Waals surface area contributed by atoms with Crippen LogP contribution in [-0.2, 0) is 6.54 Å². The first-order valence-electron chi connectivity index (χ1n) is 6.35. The largest absolute Gasteiger partial charge is 0.284 e. The molecule has 90 valence electrons. The zero-order chi connectivity index (χ0) is 12.4. The van der Waals surface area contributed by atoms with Crippen LogP contribution in [0, 0.1) is 11.3 Å². The van der Waals surface area contributed by atoms with Crippen molar-refractivity contribution in [3.8, 4) is 6.07 Å². The molecule has 1 aliphatic rings. The van der Waals surface area contributed by atoms with E-state index in [0.717, 1.165) is 31.4 Å². The molecule has 0 saturated carbocycles. The van der Waals surface area contributed by atoms with Gasteiger partial charge in [0.15, 0.2) is 0 Å². The van der Waals surface area contributed by atoms with Crippen molar-refractivity contribution in [3.63, 3.8) is 0 Å². The lowest BCUT2D eigenvalue weighted by atomic mass is 10.1. The summed E-state index contributed by atoms with van der Waals surface area (Å²) in [6, 6.07) is 12.7. The van der Waals surface area contributed by atoms with Crippen molar-refractivity contribution in [2.24, 2.45) is 0 Å². The molecule has 0 aliphatic carbocycles. The molecule has 1 fully saturated rings. The molecule has 3 nitrogen and oxygen atoms in total. The summed E-state index contributed by atoms with van der Waals surface area (Å²) in [5.74, 6) is 0. The maximum absolute atomic E-state index is 9.12. The average molecular weight is 237 g/mol. The van der Waals surface area contributed by atoms with E-state index in [1.54, 1.807) is 0 Å². The second-order valence-corrected chi connectivity index (χ2v) is 4.74. The highest BCUT2D eigenvalue weighted by Gasteiger charge is 2.24. The van der Waals surface area contributed by atoms with Crippen LogP contribution in [0.5, 0.6) is 0 Å². The highest BCUT2D eigenvalue weighted by molar-refractivity contribution is 5.81. The van der Waals surface area contributed by atoms with Crippen LogP contribution in [0.15, 0.2) is 36.5 Å². The Hall–Kier alpha value is -1.92. The zero-order valence-electron chi connectivity index (χ0n) is 10.2. The first-order chi connectivity index (χ1) is 8.88. The fourth-order valence-electron chi connectivity index (χ4n) is 2.67. The summed E-state index contributed by atoms with van der Waals surface area (Å²) < 4.78 is 0. The van der Waals surface area contributed by atoms with Gasteiger partial charge in [-0.15, -0.1) is 0 Å². The van der Waals surface area contributed by atoms with Crippen LogP contribution < -0.4 is 0 Å². The Bertz CT molecular complexity index is 595. The van der Waals surface area contributed by atoms with Gasteiger partial charge in [-0.05, 0) is 37.1 Å². The Morgan fingerprint density at radius 1 is 1.33 bits per heavy atom. The standard InChI is InChI=1S/C15H15N3/c16-10-13-4-3-9-18(13)11-12-7-8-17-15-6-2-1-5-14(12)15/h1-2,5-8,13H,3-4,9,11H2. The van der Waals surface area contributed by atoms with Gasteiger partial charge in [-0.3, -0.25) is 9.88 Å². The van der Waals surface area contributed by atoms with Crippen molar-refractivity contribution in [3.05, 3.63) is 42.1 Å². The Morgan fingerprint density at radius 2 is 2.22 bits per heavy atom. The maximum Gasteiger partial charge on any atom is 0.0981 e. The molecule has 0 amide bonds. The van der Waals surface area contributed by atoms with E-state index < -0.39 is 0 Å². The molecule has 1 aliphatic heterocycles. The van der Waals surface area contributed by atoms with E-state index in [-0.39, 0.29) is 6.04 Å². The van der Waals surface area contributed by atoms with Gasteiger partial charge in [-0.2, -0.15) is 5.26 Å². The predicted octanol–water partition coefficient (Wildman–Crippen LogP) is 2.72. The average Bonchev–Trinajstić information content (AvgIpc) is 2.86. The minimum atomic E-state index is 0.0805. The molecule has 3 heteroatoms. The zero-order valence-corrected chi connectivity index (χ0v) is 10.2. The van der Waals surface area contributed by atoms with E-state index >= 15 is 0 Å². The van der Waals surface area contributed by atoms with E-state index in [9.17, 15) is 0 Å². The van der Waals surface area contributed by atoms with Crippen molar-refractivity contribution in [2.75, 3.05) is 6.54 Å². The third-order valence-electron chi connectivity index (χ3n) is 3.63. The second-order valence-electron chi connectivity index (χ2n) is 4.74. The quantitative estimate of drug-likeness (QED) is 0.806. The fraction of sp³-hybridized carbons (Fsp3) is 0.333. The monoisotopic (exact) mass is 237 g/mol. The van der Waals surface area contributed by atoms with E-state index in [0.29, 0.717) is 0 Å². The lowest BCUT2D eigenvalue weighted by Crippen LogP contribution is -2.27. The van der Waals surface area contributed by atoms with Crippen LogP contribution in [0.3, 0.4) is 0 Å². The van der Waals surface area contributed by atoms with Gasteiger partial charge in [0.2, 0.25) is 0 Å². The van der Waals surface area contributed by atoms with Crippen LogP contribution in [0.2, 0.25) is 0 Å². The maximum atomic E-state index is 9.12. The highest BCUT2D eigenvalue weighted by atomic mass is 15.2. The van der Waals surface area contributed by atoms with Crippen molar-refractivity contribution >= 4 is 10.9 Å². The first-order valence-corrected chi connectivity index (χ1v) is 6.35. The topological polar surface area (TPSA) is 39.9 Å². The molecule has 1 aromatic carbocycles. The number of nitriles is 1. The van der Waals surface area contributed by atoms with Crippen LogP contribution in [-0.4, -0.2) is 22.5 Å². The summed E-state index contributed by atoms with van der Waals surface area (Å²) in [4.78, 5) is 6.64. The van der Waals surface area contributed by atoms with Gasteiger partial charge in [0.25, 0.3) is 0 Å². The molecule has 0 radical (unpaired) electrons. The summed E-state index contributed by atoms with van der Waals surface area (Å²) in [6.45, 7) is 1.87. The summed E-state index contributed by atoms with van der Waals surface area (Å²) >= 11 is 0. The molecule has 0 N–H and O–H groups in total. The smallest absolute Gasteiger partial charge is 0.0981 e. The minimum absolute atomic E-state index is 0.0805. The number of hydrogen-bond acceptors (Lipinski definition) is 3. The van der Waals surface area contributed by atoms with Crippen molar-refractivity contribution in [1.82, 2.24) is 9.88 Å². The number of pyridine rings is 1. The van der Waals surface area contributed by atoms with Gasteiger partial charge < -0.3 is 0 Å². The van der Waals surface area contributed by atoms with Crippen LogP contribution in [0.4, 0.5) is 0 Å². The number of fused-ring (bicyclic) bond motifs is 1.